The van der Waals surface area contributed by atoms with Gasteiger partial charge in [0.1, 0.15) is 0 Å². The van der Waals surface area contributed by atoms with Gasteiger partial charge in [0.25, 0.3) is 0 Å². The number of benzene rings is 1. The first kappa shape index (κ1) is 11.7. The predicted octanol–water partition coefficient (Wildman–Crippen LogP) is 3.73. The quantitative estimate of drug-likeness (QED) is 0.846. The third-order valence-corrected chi connectivity index (χ3v) is 2.76. The van der Waals surface area contributed by atoms with Crippen LogP contribution in [0.1, 0.15) is 32.3 Å². The minimum Gasteiger partial charge on any atom is -0.310 e. The Labute approximate surface area is 95.0 Å². The fourth-order valence-electron chi connectivity index (χ4n) is 1.47. The van der Waals surface area contributed by atoms with Crippen molar-refractivity contribution in [3.05, 3.63) is 34.3 Å². The number of hydrogen-bond donors (Lipinski definition) is 1. The molecular formula is C12H18BrN. The normalized spacial score (nSPS) is 12.8. The van der Waals surface area contributed by atoms with Crippen LogP contribution in [0.25, 0.3) is 0 Å². The van der Waals surface area contributed by atoms with Crippen molar-refractivity contribution in [2.75, 3.05) is 0 Å². The lowest BCUT2D eigenvalue weighted by Crippen LogP contribution is -2.24. The lowest BCUT2D eigenvalue weighted by Gasteiger charge is -2.12. The second kappa shape index (κ2) is 6.20. The van der Waals surface area contributed by atoms with Gasteiger partial charge in [-0.1, -0.05) is 41.4 Å². The predicted molar refractivity (Wildman–Crippen MR) is 65.4 cm³/mol. The Balaban J connectivity index is 2.37. The summed E-state index contributed by atoms with van der Waals surface area (Å²) in [6.45, 7) is 5.42. The molecule has 1 unspecified atom stereocenters. The summed E-state index contributed by atoms with van der Waals surface area (Å²) in [4.78, 5) is 0. The molecule has 1 rings (SSSR count). The van der Waals surface area contributed by atoms with E-state index in [9.17, 15) is 0 Å². The topological polar surface area (TPSA) is 12.0 Å². The van der Waals surface area contributed by atoms with Crippen LogP contribution in [0.3, 0.4) is 0 Å². The van der Waals surface area contributed by atoms with Crippen molar-refractivity contribution in [2.24, 2.45) is 0 Å². The van der Waals surface area contributed by atoms with Crippen LogP contribution in [0.15, 0.2) is 28.7 Å². The molecule has 1 atom stereocenters. The highest BCUT2D eigenvalue weighted by atomic mass is 79.9. The van der Waals surface area contributed by atoms with Crippen LogP contribution >= 0.6 is 15.9 Å². The second-order valence-corrected chi connectivity index (χ2v) is 4.62. The van der Waals surface area contributed by atoms with E-state index in [4.69, 9.17) is 0 Å². The molecule has 0 saturated carbocycles. The zero-order valence-corrected chi connectivity index (χ0v) is 10.5. The van der Waals surface area contributed by atoms with Gasteiger partial charge in [0, 0.05) is 17.1 Å². The van der Waals surface area contributed by atoms with Crippen LogP contribution in [0.5, 0.6) is 0 Å². The van der Waals surface area contributed by atoms with Crippen LogP contribution in [0, 0.1) is 0 Å². The Morgan fingerprint density at radius 2 is 2.21 bits per heavy atom. The second-order valence-electron chi connectivity index (χ2n) is 3.70. The maximum Gasteiger partial charge on any atom is 0.0208 e. The minimum absolute atomic E-state index is 0.610. The van der Waals surface area contributed by atoms with Crippen LogP contribution < -0.4 is 5.32 Å². The molecule has 0 spiro atoms. The van der Waals surface area contributed by atoms with Crippen molar-refractivity contribution in [2.45, 2.75) is 39.3 Å². The van der Waals surface area contributed by atoms with E-state index < -0.39 is 0 Å². The molecule has 0 aliphatic carbocycles. The van der Waals surface area contributed by atoms with Crippen molar-refractivity contribution < 1.29 is 0 Å². The molecule has 0 aliphatic rings. The molecule has 14 heavy (non-hydrogen) atoms. The van der Waals surface area contributed by atoms with Gasteiger partial charge in [0.05, 0.1) is 0 Å². The molecule has 1 aromatic rings. The number of hydrogen-bond acceptors (Lipinski definition) is 1. The molecular weight excluding hydrogens is 238 g/mol. The van der Waals surface area contributed by atoms with E-state index in [-0.39, 0.29) is 0 Å². The van der Waals surface area contributed by atoms with Crippen LogP contribution in [0.4, 0.5) is 0 Å². The summed E-state index contributed by atoms with van der Waals surface area (Å²) in [6.07, 6.45) is 2.49. The summed E-state index contributed by atoms with van der Waals surface area (Å²) in [7, 11) is 0. The Bertz CT molecular complexity index is 273. The zero-order valence-electron chi connectivity index (χ0n) is 8.89. The maximum atomic E-state index is 3.51. The summed E-state index contributed by atoms with van der Waals surface area (Å²) in [5.74, 6) is 0. The third-order valence-electron chi connectivity index (χ3n) is 2.27. The Hall–Kier alpha value is -0.340. The molecule has 0 fully saturated rings. The van der Waals surface area contributed by atoms with Gasteiger partial charge in [-0.25, -0.2) is 0 Å². The lowest BCUT2D eigenvalue weighted by molar-refractivity contribution is 0.508. The molecule has 0 aliphatic heterocycles. The van der Waals surface area contributed by atoms with Gasteiger partial charge in [-0.2, -0.15) is 0 Å². The third kappa shape index (κ3) is 4.25. The lowest BCUT2D eigenvalue weighted by atomic mass is 10.1. The van der Waals surface area contributed by atoms with Gasteiger partial charge in [-0.15, -0.1) is 0 Å². The Morgan fingerprint density at radius 3 is 2.86 bits per heavy atom. The molecule has 1 N–H and O–H groups in total. The van der Waals surface area contributed by atoms with Gasteiger partial charge in [0.15, 0.2) is 0 Å². The highest BCUT2D eigenvalue weighted by Gasteiger charge is 1.99. The SMILES string of the molecule is CCCC(C)NCc1cccc(Br)c1. The highest BCUT2D eigenvalue weighted by Crippen LogP contribution is 2.11. The maximum absolute atomic E-state index is 3.51. The van der Waals surface area contributed by atoms with Gasteiger partial charge >= 0.3 is 0 Å². The largest absolute Gasteiger partial charge is 0.310 e. The monoisotopic (exact) mass is 255 g/mol. The number of halogens is 1. The van der Waals surface area contributed by atoms with Gasteiger partial charge in [0.2, 0.25) is 0 Å². The van der Waals surface area contributed by atoms with Crippen LogP contribution in [-0.4, -0.2) is 6.04 Å². The van der Waals surface area contributed by atoms with Crippen molar-refractivity contribution in [3.8, 4) is 0 Å². The van der Waals surface area contributed by atoms with E-state index in [1.807, 2.05) is 0 Å². The highest BCUT2D eigenvalue weighted by molar-refractivity contribution is 9.10. The van der Waals surface area contributed by atoms with Crippen molar-refractivity contribution in [1.29, 1.82) is 0 Å². The summed E-state index contributed by atoms with van der Waals surface area (Å²) in [5.41, 5.74) is 1.34. The molecule has 78 valence electrons. The Kier molecular flexibility index (Phi) is 5.20. The van der Waals surface area contributed by atoms with E-state index >= 15 is 0 Å². The fourth-order valence-corrected chi connectivity index (χ4v) is 1.92. The van der Waals surface area contributed by atoms with Crippen molar-refractivity contribution >= 4 is 15.9 Å². The molecule has 0 saturated heterocycles. The zero-order chi connectivity index (χ0) is 10.4. The van der Waals surface area contributed by atoms with E-state index in [2.05, 4.69) is 59.4 Å². The molecule has 0 bridgehead atoms. The van der Waals surface area contributed by atoms with Crippen molar-refractivity contribution in [3.63, 3.8) is 0 Å². The molecule has 0 radical (unpaired) electrons. The van der Waals surface area contributed by atoms with Crippen LogP contribution in [-0.2, 0) is 6.54 Å². The smallest absolute Gasteiger partial charge is 0.0208 e. The molecule has 1 aromatic carbocycles. The molecule has 1 nitrogen and oxygen atoms in total. The van der Waals surface area contributed by atoms with E-state index in [0.29, 0.717) is 6.04 Å². The number of nitrogens with one attached hydrogen (secondary N) is 1. The van der Waals surface area contributed by atoms with E-state index in [1.54, 1.807) is 0 Å². The van der Waals surface area contributed by atoms with Crippen molar-refractivity contribution in [1.82, 2.24) is 5.32 Å². The average Bonchev–Trinajstić information content (AvgIpc) is 2.15. The average molecular weight is 256 g/mol. The van der Waals surface area contributed by atoms with E-state index in [1.165, 1.54) is 18.4 Å². The molecule has 0 amide bonds. The fraction of sp³-hybridized carbons (Fsp3) is 0.500. The first-order valence-electron chi connectivity index (χ1n) is 5.20. The van der Waals surface area contributed by atoms with Crippen LogP contribution in [0.2, 0.25) is 0 Å². The van der Waals surface area contributed by atoms with E-state index in [0.717, 1.165) is 11.0 Å². The van der Waals surface area contributed by atoms with Gasteiger partial charge < -0.3 is 5.32 Å². The summed E-state index contributed by atoms with van der Waals surface area (Å²) in [6, 6.07) is 9.05. The summed E-state index contributed by atoms with van der Waals surface area (Å²) in [5, 5.41) is 3.51. The van der Waals surface area contributed by atoms with Gasteiger partial charge in [-0.05, 0) is 31.0 Å². The standard InChI is InChI=1S/C12H18BrN/c1-3-5-10(2)14-9-11-6-4-7-12(13)8-11/h4,6-8,10,14H,3,5,9H2,1-2H3. The minimum atomic E-state index is 0.610. The summed E-state index contributed by atoms with van der Waals surface area (Å²) < 4.78 is 1.15. The first-order valence-corrected chi connectivity index (χ1v) is 5.99. The number of rotatable bonds is 5. The summed E-state index contributed by atoms with van der Waals surface area (Å²) >= 11 is 3.47. The van der Waals surface area contributed by atoms with Gasteiger partial charge in [-0.3, -0.25) is 0 Å². The molecule has 0 aromatic heterocycles. The molecule has 0 heterocycles. The Morgan fingerprint density at radius 1 is 1.43 bits per heavy atom. The first-order chi connectivity index (χ1) is 6.72. The molecule has 2 heteroatoms.